The second-order valence-corrected chi connectivity index (χ2v) is 4.20. The summed E-state index contributed by atoms with van der Waals surface area (Å²) in [4.78, 5) is 19.6. The Kier molecular flexibility index (Phi) is 3.38. The predicted octanol–water partition coefficient (Wildman–Crippen LogP) is 0.707. The van der Waals surface area contributed by atoms with Crippen LogP contribution in [0, 0.1) is 0 Å². The maximum atomic E-state index is 11.9. The number of pyridine rings is 1. The van der Waals surface area contributed by atoms with Crippen molar-refractivity contribution in [2.75, 3.05) is 6.79 Å². The third-order valence-electron chi connectivity index (χ3n) is 2.82. The maximum Gasteiger partial charge on any atom is 0.365 e. The Morgan fingerprint density at radius 3 is 2.90 bits per heavy atom. The number of ether oxygens (including phenoxy) is 2. The smallest absolute Gasteiger partial charge is 0.365 e. The molecule has 0 radical (unpaired) electrons. The first-order valence-electron chi connectivity index (χ1n) is 6.15. The van der Waals surface area contributed by atoms with Crippen molar-refractivity contribution in [1.29, 1.82) is 0 Å². The van der Waals surface area contributed by atoms with Crippen molar-refractivity contribution in [3.63, 3.8) is 0 Å². The third-order valence-corrected chi connectivity index (χ3v) is 2.82. The van der Waals surface area contributed by atoms with Crippen LogP contribution in [-0.2, 0) is 4.84 Å². The highest BCUT2D eigenvalue weighted by Gasteiger charge is 2.17. The van der Waals surface area contributed by atoms with E-state index in [9.17, 15) is 4.79 Å². The molecule has 0 bridgehead atoms. The average molecular weight is 286 g/mol. The molecule has 3 N–H and O–H groups in total. The van der Waals surface area contributed by atoms with Crippen LogP contribution in [0.2, 0.25) is 0 Å². The molecular weight excluding hydrogens is 274 g/mol. The summed E-state index contributed by atoms with van der Waals surface area (Å²) in [7, 11) is 0. The fraction of sp³-hybridized carbons (Fsp3) is 0.0714. The van der Waals surface area contributed by atoms with Gasteiger partial charge in [-0.1, -0.05) is 5.16 Å². The van der Waals surface area contributed by atoms with Gasteiger partial charge in [0.15, 0.2) is 17.7 Å². The minimum atomic E-state index is -0.632. The fourth-order valence-corrected chi connectivity index (χ4v) is 1.77. The van der Waals surface area contributed by atoms with E-state index in [4.69, 9.17) is 20.0 Å². The lowest BCUT2D eigenvalue weighted by Gasteiger charge is -2.00. The number of aromatic nitrogens is 1. The summed E-state index contributed by atoms with van der Waals surface area (Å²) >= 11 is 0. The van der Waals surface area contributed by atoms with Crippen molar-refractivity contribution in [2.24, 2.45) is 10.9 Å². The minimum Gasteiger partial charge on any atom is -0.454 e. The first kappa shape index (κ1) is 12.9. The SMILES string of the molecule is NC(=NOC(=O)c1ccc2c(c1)OCO2)c1cccc[nH+]1. The molecule has 7 nitrogen and oxygen atoms in total. The highest BCUT2D eigenvalue weighted by Crippen LogP contribution is 2.32. The molecule has 0 aliphatic carbocycles. The zero-order valence-electron chi connectivity index (χ0n) is 10.9. The molecule has 1 aromatic heterocycles. The largest absolute Gasteiger partial charge is 0.454 e. The van der Waals surface area contributed by atoms with E-state index in [2.05, 4.69) is 10.1 Å². The summed E-state index contributed by atoms with van der Waals surface area (Å²) in [6.07, 6.45) is 1.69. The number of aromatic amines is 1. The Morgan fingerprint density at radius 1 is 1.24 bits per heavy atom. The molecule has 1 aliphatic rings. The normalized spacial score (nSPS) is 13.0. The molecule has 1 aromatic carbocycles. The van der Waals surface area contributed by atoms with Crippen LogP contribution in [-0.4, -0.2) is 18.6 Å². The first-order chi connectivity index (χ1) is 10.2. The topological polar surface area (TPSA) is 97.3 Å². The van der Waals surface area contributed by atoms with Crippen molar-refractivity contribution in [2.45, 2.75) is 0 Å². The second-order valence-electron chi connectivity index (χ2n) is 4.20. The van der Waals surface area contributed by atoms with Gasteiger partial charge < -0.3 is 20.0 Å². The molecule has 7 heteroatoms. The summed E-state index contributed by atoms with van der Waals surface area (Å²) in [5, 5.41) is 3.61. The highest BCUT2D eigenvalue weighted by molar-refractivity contribution is 5.95. The van der Waals surface area contributed by atoms with E-state index in [0.717, 1.165) is 0 Å². The maximum absolute atomic E-state index is 11.9. The van der Waals surface area contributed by atoms with Gasteiger partial charge in [-0.3, -0.25) is 0 Å². The van der Waals surface area contributed by atoms with Crippen molar-refractivity contribution >= 4 is 11.8 Å². The lowest BCUT2D eigenvalue weighted by atomic mass is 10.2. The summed E-state index contributed by atoms with van der Waals surface area (Å²) < 4.78 is 10.4. The van der Waals surface area contributed by atoms with Gasteiger partial charge in [0.2, 0.25) is 18.3 Å². The molecule has 0 amide bonds. The number of hydrogen-bond acceptors (Lipinski definition) is 5. The Morgan fingerprint density at radius 2 is 2.10 bits per heavy atom. The van der Waals surface area contributed by atoms with Crippen LogP contribution in [0.5, 0.6) is 11.5 Å². The fourth-order valence-electron chi connectivity index (χ4n) is 1.77. The Bertz CT molecular complexity index is 701. The minimum absolute atomic E-state index is 0.0738. The van der Waals surface area contributed by atoms with Gasteiger partial charge >= 0.3 is 5.97 Å². The summed E-state index contributed by atoms with van der Waals surface area (Å²) in [6.45, 7) is 0.142. The van der Waals surface area contributed by atoms with Crippen molar-refractivity contribution in [3.8, 4) is 11.5 Å². The monoisotopic (exact) mass is 286 g/mol. The van der Waals surface area contributed by atoms with E-state index >= 15 is 0 Å². The number of nitrogens with zero attached hydrogens (tertiary/aromatic N) is 1. The molecule has 0 unspecified atom stereocenters. The Hall–Kier alpha value is -3.09. The molecule has 2 aromatic rings. The van der Waals surface area contributed by atoms with Crippen LogP contribution in [0.3, 0.4) is 0 Å². The molecular formula is C14H12N3O4+. The van der Waals surface area contributed by atoms with Crippen LogP contribution >= 0.6 is 0 Å². The molecule has 0 fully saturated rings. The number of amidine groups is 1. The number of nitrogens with two attached hydrogens (primary N) is 1. The van der Waals surface area contributed by atoms with E-state index in [0.29, 0.717) is 22.8 Å². The van der Waals surface area contributed by atoms with Gasteiger partial charge in [0.25, 0.3) is 0 Å². The number of H-pyrrole nitrogens is 1. The number of rotatable bonds is 3. The van der Waals surface area contributed by atoms with Crippen LogP contribution in [0.1, 0.15) is 16.1 Å². The molecule has 0 atom stereocenters. The van der Waals surface area contributed by atoms with Gasteiger partial charge in [0.1, 0.15) is 0 Å². The molecule has 21 heavy (non-hydrogen) atoms. The van der Waals surface area contributed by atoms with Gasteiger partial charge in [0, 0.05) is 12.1 Å². The predicted molar refractivity (Wildman–Crippen MR) is 71.7 cm³/mol. The lowest BCUT2D eigenvalue weighted by molar-refractivity contribution is -0.380. The van der Waals surface area contributed by atoms with Crippen LogP contribution in [0.25, 0.3) is 0 Å². The number of benzene rings is 1. The Labute approximate surface area is 119 Å². The molecule has 3 rings (SSSR count). The first-order valence-corrected chi connectivity index (χ1v) is 6.15. The molecule has 0 spiro atoms. The number of fused-ring (bicyclic) bond motifs is 1. The summed E-state index contributed by atoms with van der Waals surface area (Å²) in [6, 6.07) is 10.0. The van der Waals surface area contributed by atoms with E-state index < -0.39 is 5.97 Å². The van der Waals surface area contributed by atoms with Crippen molar-refractivity contribution in [3.05, 3.63) is 53.9 Å². The highest BCUT2D eigenvalue weighted by atomic mass is 16.7. The zero-order chi connectivity index (χ0) is 14.7. The standard InChI is InChI=1S/C14H11N3O4/c15-13(10-3-1-2-6-16-10)17-21-14(18)9-4-5-11-12(7-9)20-8-19-11/h1-7H,8H2,(H2,15,17)/p+1. The van der Waals surface area contributed by atoms with E-state index in [-0.39, 0.29) is 12.6 Å². The van der Waals surface area contributed by atoms with Crippen LogP contribution < -0.4 is 20.2 Å². The molecule has 0 saturated carbocycles. The summed E-state index contributed by atoms with van der Waals surface area (Å²) in [5.41, 5.74) is 6.56. The van der Waals surface area contributed by atoms with E-state index in [1.54, 1.807) is 36.5 Å². The molecule has 106 valence electrons. The third kappa shape index (κ3) is 2.76. The molecule has 2 heterocycles. The number of hydrogen-bond donors (Lipinski definition) is 1. The number of carbonyl (C=O) groups excluding carboxylic acids is 1. The van der Waals surface area contributed by atoms with E-state index in [1.807, 2.05) is 0 Å². The van der Waals surface area contributed by atoms with E-state index in [1.165, 1.54) is 6.07 Å². The van der Waals surface area contributed by atoms with Gasteiger partial charge in [-0.05, 0) is 24.3 Å². The van der Waals surface area contributed by atoms with Gasteiger partial charge in [-0.25, -0.2) is 9.78 Å². The Balaban J connectivity index is 1.72. The van der Waals surface area contributed by atoms with Crippen molar-refractivity contribution in [1.82, 2.24) is 0 Å². The van der Waals surface area contributed by atoms with Crippen LogP contribution in [0.4, 0.5) is 0 Å². The second kappa shape index (κ2) is 5.49. The quantitative estimate of drug-likeness (QED) is 0.388. The van der Waals surface area contributed by atoms with Crippen LogP contribution in [0.15, 0.2) is 47.8 Å². The van der Waals surface area contributed by atoms with Crippen molar-refractivity contribution < 1.29 is 24.1 Å². The number of nitrogens with one attached hydrogen (secondary N) is 1. The molecule has 0 saturated heterocycles. The zero-order valence-corrected chi connectivity index (χ0v) is 10.9. The van der Waals surface area contributed by atoms with Gasteiger partial charge in [-0.15, -0.1) is 0 Å². The molecule has 1 aliphatic heterocycles. The average Bonchev–Trinajstić information content (AvgIpc) is 3.00. The number of oxime groups is 1. The van der Waals surface area contributed by atoms with Gasteiger partial charge in [-0.2, -0.15) is 0 Å². The number of carbonyl (C=O) groups is 1. The lowest BCUT2D eigenvalue weighted by Crippen LogP contribution is -2.24. The van der Waals surface area contributed by atoms with Gasteiger partial charge in [0.05, 0.1) is 5.56 Å². The summed E-state index contributed by atoms with van der Waals surface area (Å²) in [5.74, 6) is 0.531.